The third-order valence-corrected chi connectivity index (χ3v) is 4.58. The summed E-state index contributed by atoms with van der Waals surface area (Å²) in [6.07, 6.45) is 2.89. The van der Waals surface area contributed by atoms with E-state index in [1.807, 2.05) is 0 Å². The van der Waals surface area contributed by atoms with Gasteiger partial charge in [-0.2, -0.15) is 0 Å². The van der Waals surface area contributed by atoms with Gasteiger partial charge in [0, 0.05) is 19.6 Å². The molecule has 0 aromatic heterocycles. The average Bonchev–Trinajstić information content (AvgIpc) is 2.47. The van der Waals surface area contributed by atoms with Crippen molar-refractivity contribution in [2.24, 2.45) is 5.92 Å². The van der Waals surface area contributed by atoms with Gasteiger partial charge in [0.1, 0.15) is 0 Å². The van der Waals surface area contributed by atoms with Crippen molar-refractivity contribution in [1.29, 1.82) is 0 Å². The Hall–Kier alpha value is -1.31. The fourth-order valence-electron chi connectivity index (χ4n) is 2.44. The maximum absolute atomic E-state index is 12.3. The Kier molecular flexibility index (Phi) is 5.66. The first-order valence-corrected chi connectivity index (χ1v) is 9.37. The number of hydrogen-bond acceptors (Lipinski definition) is 3. The Morgan fingerprint density at radius 3 is 2.82 bits per heavy atom. The molecule has 6 nitrogen and oxygen atoms in total. The van der Waals surface area contributed by atoms with Crippen LogP contribution in [-0.2, 0) is 10.0 Å². The van der Waals surface area contributed by atoms with Crippen LogP contribution in [0, 0.1) is 5.92 Å². The summed E-state index contributed by atoms with van der Waals surface area (Å²) in [6, 6.07) is 6.85. The van der Waals surface area contributed by atoms with Crippen LogP contribution in [-0.4, -0.2) is 45.2 Å². The van der Waals surface area contributed by atoms with Crippen LogP contribution in [0.4, 0.5) is 10.5 Å². The fourth-order valence-corrected chi connectivity index (χ4v) is 3.16. The van der Waals surface area contributed by atoms with Crippen molar-refractivity contribution in [2.45, 2.75) is 12.8 Å². The van der Waals surface area contributed by atoms with E-state index in [-0.39, 0.29) is 11.9 Å². The lowest BCUT2D eigenvalue weighted by Crippen LogP contribution is -2.45. The number of hydrogen-bond donors (Lipinski definition) is 2. The van der Waals surface area contributed by atoms with Crippen molar-refractivity contribution in [3.05, 3.63) is 29.3 Å². The number of piperidine rings is 1. The number of urea groups is 1. The molecule has 0 saturated carbocycles. The molecule has 122 valence electrons. The molecule has 8 heteroatoms. The number of carbonyl (C=O) groups excluding carboxylic acids is 1. The first-order chi connectivity index (χ1) is 10.3. The van der Waals surface area contributed by atoms with E-state index >= 15 is 0 Å². The lowest BCUT2D eigenvalue weighted by Gasteiger charge is -2.32. The van der Waals surface area contributed by atoms with E-state index < -0.39 is 10.0 Å². The highest BCUT2D eigenvalue weighted by Gasteiger charge is 2.24. The number of nitrogens with zero attached hydrogens (tertiary/aromatic N) is 1. The molecule has 0 spiro atoms. The molecule has 1 aliphatic heterocycles. The van der Waals surface area contributed by atoms with E-state index in [2.05, 4.69) is 10.0 Å². The van der Waals surface area contributed by atoms with Gasteiger partial charge in [-0.25, -0.2) is 17.9 Å². The predicted octanol–water partition coefficient (Wildman–Crippen LogP) is 2.13. The molecule has 1 fully saturated rings. The Morgan fingerprint density at radius 2 is 2.14 bits per heavy atom. The second-order valence-corrected chi connectivity index (χ2v) is 7.73. The molecule has 1 aromatic rings. The summed E-state index contributed by atoms with van der Waals surface area (Å²) in [7, 11) is -3.20. The van der Waals surface area contributed by atoms with Crippen molar-refractivity contribution >= 4 is 33.3 Å². The van der Waals surface area contributed by atoms with Crippen LogP contribution in [0.25, 0.3) is 0 Å². The largest absolute Gasteiger partial charge is 0.324 e. The Balaban J connectivity index is 1.91. The monoisotopic (exact) mass is 345 g/mol. The summed E-state index contributed by atoms with van der Waals surface area (Å²) < 4.78 is 24.8. The maximum Gasteiger partial charge on any atom is 0.321 e. The third-order valence-electron chi connectivity index (χ3n) is 3.56. The zero-order chi connectivity index (χ0) is 16.2. The van der Waals surface area contributed by atoms with E-state index in [0.29, 0.717) is 30.3 Å². The molecule has 0 bridgehead atoms. The topological polar surface area (TPSA) is 78.5 Å². The van der Waals surface area contributed by atoms with E-state index in [1.165, 1.54) is 0 Å². The lowest BCUT2D eigenvalue weighted by molar-refractivity contribution is 0.178. The molecular formula is C14H20ClN3O3S. The van der Waals surface area contributed by atoms with Crippen LogP contribution in [0.1, 0.15) is 12.8 Å². The second kappa shape index (κ2) is 7.30. The van der Waals surface area contributed by atoms with Crippen molar-refractivity contribution in [1.82, 2.24) is 9.62 Å². The minimum atomic E-state index is -3.20. The zero-order valence-corrected chi connectivity index (χ0v) is 14.0. The lowest BCUT2D eigenvalue weighted by atomic mass is 9.99. The number of anilines is 1. The highest BCUT2D eigenvalue weighted by molar-refractivity contribution is 7.88. The van der Waals surface area contributed by atoms with Gasteiger partial charge in [0.15, 0.2) is 0 Å². The van der Waals surface area contributed by atoms with Crippen LogP contribution in [0.2, 0.25) is 5.02 Å². The number of rotatable bonds is 4. The molecule has 22 heavy (non-hydrogen) atoms. The van der Waals surface area contributed by atoms with E-state index in [1.54, 1.807) is 29.2 Å². The number of para-hydroxylation sites is 1. The van der Waals surface area contributed by atoms with Gasteiger partial charge in [0.2, 0.25) is 10.0 Å². The fraction of sp³-hybridized carbons (Fsp3) is 0.500. The van der Waals surface area contributed by atoms with Crippen LogP contribution in [0.15, 0.2) is 24.3 Å². The SMILES string of the molecule is CS(=O)(=O)NC[C@@H]1CCCN(C(=O)Nc2ccccc2Cl)C1. The summed E-state index contributed by atoms with van der Waals surface area (Å²) in [5.74, 6) is 0.125. The number of halogens is 1. The van der Waals surface area contributed by atoms with Crippen LogP contribution >= 0.6 is 11.6 Å². The van der Waals surface area contributed by atoms with Crippen LogP contribution in [0.3, 0.4) is 0 Å². The van der Waals surface area contributed by atoms with Crippen LogP contribution in [0.5, 0.6) is 0 Å². The standard InChI is InChI=1S/C14H20ClN3O3S/c1-22(20,21)16-9-11-5-4-8-18(10-11)14(19)17-13-7-3-2-6-12(13)15/h2-3,6-7,11,16H,4-5,8-10H2,1H3,(H,17,19)/t11-/m0/s1. The number of likely N-dealkylation sites (tertiary alicyclic amines) is 1. The second-order valence-electron chi connectivity index (χ2n) is 5.48. The summed E-state index contributed by atoms with van der Waals surface area (Å²) in [5, 5.41) is 3.28. The molecular weight excluding hydrogens is 326 g/mol. The number of benzene rings is 1. The van der Waals surface area contributed by atoms with Crippen molar-refractivity contribution in [2.75, 3.05) is 31.2 Å². The Bertz CT molecular complexity index is 636. The van der Waals surface area contributed by atoms with Gasteiger partial charge < -0.3 is 10.2 Å². The van der Waals surface area contributed by atoms with Gasteiger partial charge in [0.25, 0.3) is 0 Å². The van der Waals surface area contributed by atoms with Crippen LogP contribution < -0.4 is 10.0 Å². The third kappa shape index (κ3) is 5.15. The molecule has 2 N–H and O–H groups in total. The molecule has 1 heterocycles. The van der Waals surface area contributed by atoms with Crippen molar-refractivity contribution < 1.29 is 13.2 Å². The van der Waals surface area contributed by atoms with E-state index in [4.69, 9.17) is 11.6 Å². The molecule has 2 amide bonds. The average molecular weight is 346 g/mol. The van der Waals surface area contributed by atoms with Gasteiger partial charge >= 0.3 is 6.03 Å². The molecule has 0 aliphatic carbocycles. The highest BCUT2D eigenvalue weighted by Crippen LogP contribution is 2.22. The van der Waals surface area contributed by atoms with E-state index in [9.17, 15) is 13.2 Å². The van der Waals surface area contributed by atoms with E-state index in [0.717, 1.165) is 19.1 Å². The quantitative estimate of drug-likeness (QED) is 0.877. The predicted molar refractivity (Wildman–Crippen MR) is 87.6 cm³/mol. The molecule has 1 saturated heterocycles. The van der Waals surface area contributed by atoms with Gasteiger partial charge in [-0.15, -0.1) is 0 Å². The molecule has 0 radical (unpaired) electrons. The number of nitrogens with one attached hydrogen (secondary N) is 2. The molecule has 1 atom stereocenters. The maximum atomic E-state index is 12.3. The first kappa shape index (κ1) is 17.1. The van der Waals surface area contributed by atoms with Crippen molar-refractivity contribution in [3.8, 4) is 0 Å². The molecule has 0 unspecified atom stereocenters. The molecule has 1 aromatic carbocycles. The normalized spacial score (nSPS) is 19.0. The molecule has 1 aliphatic rings. The summed E-state index contributed by atoms with van der Waals surface area (Å²) in [4.78, 5) is 14.0. The van der Waals surface area contributed by atoms with Gasteiger partial charge in [-0.1, -0.05) is 23.7 Å². The van der Waals surface area contributed by atoms with Gasteiger partial charge in [-0.05, 0) is 30.9 Å². The zero-order valence-electron chi connectivity index (χ0n) is 12.4. The number of sulfonamides is 1. The summed E-state index contributed by atoms with van der Waals surface area (Å²) in [5.41, 5.74) is 0.575. The Morgan fingerprint density at radius 1 is 1.41 bits per heavy atom. The van der Waals surface area contributed by atoms with Gasteiger partial charge in [-0.3, -0.25) is 0 Å². The smallest absolute Gasteiger partial charge is 0.321 e. The number of carbonyl (C=O) groups is 1. The molecule has 2 rings (SSSR count). The minimum absolute atomic E-state index is 0.125. The minimum Gasteiger partial charge on any atom is -0.324 e. The first-order valence-electron chi connectivity index (χ1n) is 7.10. The van der Waals surface area contributed by atoms with Crippen molar-refractivity contribution in [3.63, 3.8) is 0 Å². The van der Waals surface area contributed by atoms with Gasteiger partial charge in [0.05, 0.1) is 17.0 Å². The summed E-state index contributed by atoms with van der Waals surface area (Å²) >= 11 is 6.03. The Labute approximate surface area is 135 Å². The number of amides is 2. The summed E-state index contributed by atoms with van der Waals surface area (Å²) in [6.45, 7) is 1.54. The highest BCUT2D eigenvalue weighted by atomic mass is 35.5.